The molecule has 0 aromatic carbocycles. The molecule has 1 aliphatic carbocycles. The number of ether oxygens (including phenoxy) is 2. The van der Waals surface area contributed by atoms with Gasteiger partial charge in [-0.15, -0.1) is 0 Å². The molecule has 0 spiro atoms. The second-order valence-corrected chi connectivity index (χ2v) is 2.66. The number of hydrogen-bond donors (Lipinski definition) is 0. The minimum absolute atomic E-state index is 0.0723. The van der Waals surface area contributed by atoms with Crippen molar-refractivity contribution in [3.8, 4) is 0 Å². The zero-order valence-corrected chi connectivity index (χ0v) is 7.29. The number of carbonyl (C=O) groups excluding carboxylic acids is 1. The van der Waals surface area contributed by atoms with Crippen LogP contribution in [0.2, 0.25) is 0 Å². The lowest BCUT2D eigenvalue weighted by Gasteiger charge is -2.08. The molecule has 0 aromatic heterocycles. The lowest BCUT2D eigenvalue weighted by Crippen LogP contribution is -2.17. The SMILES string of the molecule is CCOC(=O)COC1C=CCC1. The molecule has 1 atom stereocenters. The summed E-state index contributed by atoms with van der Waals surface area (Å²) < 4.78 is 9.97. The molecule has 0 bridgehead atoms. The predicted molar refractivity (Wildman–Crippen MR) is 44.7 cm³/mol. The lowest BCUT2D eigenvalue weighted by atomic mass is 10.3. The average Bonchev–Trinajstić information content (AvgIpc) is 2.53. The molecular weight excluding hydrogens is 156 g/mol. The van der Waals surface area contributed by atoms with Crippen LogP contribution in [0.15, 0.2) is 12.2 Å². The number of allylic oxidation sites excluding steroid dienone is 1. The van der Waals surface area contributed by atoms with E-state index in [-0.39, 0.29) is 18.7 Å². The van der Waals surface area contributed by atoms with E-state index in [1.54, 1.807) is 6.92 Å². The second kappa shape index (κ2) is 4.93. The Morgan fingerprint density at radius 2 is 2.50 bits per heavy atom. The van der Waals surface area contributed by atoms with Gasteiger partial charge in [0.1, 0.15) is 6.61 Å². The van der Waals surface area contributed by atoms with Crippen molar-refractivity contribution in [1.29, 1.82) is 0 Å². The average molecular weight is 170 g/mol. The standard InChI is InChI=1S/C9H14O3/c1-2-11-9(10)7-12-8-5-3-4-6-8/h3,5,8H,2,4,6-7H2,1H3. The van der Waals surface area contributed by atoms with Crippen LogP contribution in [0.3, 0.4) is 0 Å². The number of carbonyl (C=O) groups is 1. The summed E-state index contributed by atoms with van der Waals surface area (Å²) in [5, 5.41) is 0. The van der Waals surface area contributed by atoms with E-state index in [2.05, 4.69) is 6.08 Å². The van der Waals surface area contributed by atoms with Crippen LogP contribution in [-0.2, 0) is 14.3 Å². The highest BCUT2D eigenvalue weighted by Gasteiger charge is 2.11. The maximum absolute atomic E-state index is 10.8. The molecule has 3 nitrogen and oxygen atoms in total. The van der Waals surface area contributed by atoms with Gasteiger partial charge in [-0.25, -0.2) is 4.79 Å². The summed E-state index contributed by atoms with van der Waals surface area (Å²) in [6.45, 7) is 2.28. The summed E-state index contributed by atoms with van der Waals surface area (Å²) in [6, 6.07) is 0. The van der Waals surface area contributed by atoms with Gasteiger partial charge >= 0.3 is 5.97 Å². The lowest BCUT2D eigenvalue weighted by molar-refractivity contribution is -0.149. The number of esters is 1. The van der Waals surface area contributed by atoms with Gasteiger partial charge < -0.3 is 9.47 Å². The van der Waals surface area contributed by atoms with E-state index in [1.807, 2.05) is 6.08 Å². The van der Waals surface area contributed by atoms with E-state index in [0.29, 0.717) is 6.61 Å². The third-order valence-corrected chi connectivity index (χ3v) is 1.69. The highest BCUT2D eigenvalue weighted by molar-refractivity contribution is 5.70. The van der Waals surface area contributed by atoms with Crippen LogP contribution in [0.25, 0.3) is 0 Å². The van der Waals surface area contributed by atoms with Gasteiger partial charge in [0.25, 0.3) is 0 Å². The molecule has 0 amide bonds. The highest BCUT2D eigenvalue weighted by atomic mass is 16.6. The maximum atomic E-state index is 10.8. The molecule has 1 rings (SSSR count). The van der Waals surface area contributed by atoms with Gasteiger partial charge in [0.2, 0.25) is 0 Å². The monoisotopic (exact) mass is 170 g/mol. The van der Waals surface area contributed by atoms with Crippen LogP contribution >= 0.6 is 0 Å². The molecule has 0 radical (unpaired) electrons. The van der Waals surface area contributed by atoms with Crippen LogP contribution in [0, 0.1) is 0 Å². The van der Waals surface area contributed by atoms with E-state index in [1.165, 1.54) is 0 Å². The molecule has 0 aliphatic heterocycles. The molecule has 3 heteroatoms. The van der Waals surface area contributed by atoms with Crippen molar-refractivity contribution in [2.75, 3.05) is 13.2 Å². The van der Waals surface area contributed by atoms with Crippen molar-refractivity contribution in [3.63, 3.8) is 0 Å². The van der Waals surface area contributed by atoms with Crippen molar-refractivity contribution in [1.82, 2.24) is 0 Å². The Balaban J connectivity index is 2.08. The first-order chi connectivity index (χ1) is 5.83. The van der Waals surface area contributed by atoms with Crippen molar-refractivity contribution in [2.24, 2.45) is 0 Å². The summed E-state index contributed by atoms with van der Waals surface area (Å²) in [5.41, 5.74) is 0. The molecule has 1 unspecified atom stereocenters. The summed E-state index contributed by atoms with van der Waals surface area (Å²) >= 11 is 0. The van der Waals surface area contributed by atoms with E-state index < -0.39 is 0 Å². The van der Waals surface area contributed by atoms with Crippen molar-refractivity contribution in [2.45, 2.75) is 25.9 Å². The zero-order valence-electron chi connectivity index (χ0n) is 7.29. The van der Waals surface area contributed by atoms with Crippen molar-refractivity contribution >= 4 is 5.97 Å². The first-order valence-electron chi connectivity index (χ1n) is 4.27. The third-order valence-electron chi connectivity index (χ3n) is 1.69. The van der Waals surface area contributed by atoms with Crippen molar-refractivity contribution < 1.29 is 14.3 Å². The van der Waals surface area contributed by atoms with Crippen molar-refractivity contribution in [3.05, 3.63) is 12.2 Å². The first-order valence-corrected chi connectivity index (χ1v) is 4.27. The van der Waals surface area contributed by atoms with Crippen LogP contribution in [-0.4, -0.2) is 25.3 Å². The molecule has 1 aliphatic rings. The largest absolute Gasteiger partial charge is 0.464 e. The fourth-order valence-corrected chi connectivity index (χ4v) is 1.12. The Kier molecular flexibility index (Phi) is 3.80. The Labute approximate surface area is 72.4 Å². The fourth-order valence-electron chi connectivity index (χ4n) is 1.12. The highest BCUT2D eigenvalue weighted by Crippen LogP contribution is 2.12. The first kappa shape index (κ1) is 9.26. The predicted octanol–water partition coefficient (Wildman–Crippen LogP) is 1.28. The Morgan fingerprint density at radius 1 is 1.67 bits per heavy atom. The Bertz CT molecular complexity index is 175. The van der Waals surface area contributed by atoms with Gasteiger partial charge in [-0.1, -0.05) is 12.2 Å². The molecule has 12 heavy (non-hydrogen) atoms. The smallest absolute Gasteiger partial charge is 0.332 e. The Morgan fingerprint density at radius 3 is 3.08 bits per heavy atom. The molecular formula is C9H14O3. The van der Waals surface area contributed by atoms with Crippen LogP contribution in [0.5, 0.6) is 0 Å². The van der Waals surface area contributed by atoms with Gasteiger partial charge in [-0.05, 0) is 19.8 Å². The van der Waals surface area contributed by atoms with E-state index in [4.69, 9.17) is 9.47 Å². The topological polar surface area (TPSA) is 35.5 Å². The molecule has 0 saturated heterocycles. The quantitative estimate of drug-likeness (QED) is 0.471. The van der Waals surface area contributed by atoms with Crippen LogP contribution in [0.1, 0.15) is 19.8 Å². The summed E-state index contributed by atoms with van der Waals surface area (Å²) in [5.74, 6) is -0.280. The maximum Gasteiger partial charge on any atom is 0.332 e. The second-order valence-electron chi connectivity index (χ2n) is 2.66. The molecule has 0 fully saturated rings. The molecule has 0 saturated carbocycles. The van der Waals surface area contributed by atoms with Crippen LogP contribution < -0.4 is 0 Å². The van der Waals surface area contributed by atoms with Gasteiger partial charge in [-0.3, -0.25) is 0 Å². The number of rotatable bonds is 4. The summed E-state index contributed by atoms with van der Waals surface area (Å²) in [6.07, 6.45) is 6.21. The van der Waals surface area contributed by atoms with Gasteiger partial charge in [0.15, 0.2) is 0 Å². The van der Waals surface area contributed by atoms with E-state index >= 15 is 0 Å². The zero-order chi connectivity index (χ0) is 8.81. The molecule has 0 heterocycles. The Hall–Kier alpha value is -0.830. The summed E-state index contributed by atoms with van der Waals surface area (Å²) in [7, 11) is 0. The molecule has 0 N–H and O–H groups in total. The van der Waals surface area contributed by atoms with Gasteiger partial charge in [-0.2, -0.15) is 0 Å². The van der Waals surface area contributed by atoms with E-state index in [0.717, 1.165) is 12.8 Å². The van der Waals surface area contributed by atoms with Gasteiger partial charge in [0, 0.05) is 0 Å². The molecule has 68 valence electrons. The number of hydrogen-bond acceptors (Lipinski definition) is 3. The minimum atomic E-state index is -0.280. The van der Waals surface area contributed by atoms with Crippen LogP contribution in [0.4, 0.5) is 0 Å². The normalized spacial score (nSPS) is 21.2. The van der Waals surface area contributed by atoms with E-state index in [9.17, 15) is 4.79 Å². The van der Waals surface area contributed by atoms with Gasteiger partial charge in [0.05, 0.1) is 12.7 Å². The minimum Gasteiger partial charge on any atom is -0.464 e. The third kappa shape index (κ3) is 3.05. The summed E-state index contributed by atoms with van der Waals surface area (Å²) in [4.78, 5) is 10.8. The molecule has 0 aromatic rings. The fraction of sp³-hybridized carbons (Fsp3) is 0.667.